The summed E-state index contributed by atoms with van der Waals surface area (Å²) in [7, 11) is 0. The first-order valence-electron chi connectivity index (χ1n) is 9.44. The number of fused-ring (bicyclic) bond motifs is 2. The number of hydrogen-bond acceptors (Lipinski definition) is 6. The number of aromatic nitrogens is 6. The van der Waals surface area contributed by atoms with Crippen molar-refractivity contribution in [2.45, 2.75) is 0 Å². The van der Waals surface area contributed by atoms with Gasteiger partial charge in [0.15, 0.2) is 11.6 Å². The zero-order chi connectivity index (χ0) is 20.9. The Bertz CT molecular complexity index is 1570. The van der Waals surface area contributed by atoms with Crippen LogP contribution in [0.4, 0.5) is 10.1 Å². The highest BCUT2D eigenvalue weighted by atomic mass is 19.1. The van der Waals surface area contributed by atoms with Crippen LogP contribution in [-0.4, -0.2) is 30.1 Å². The number of furan rings is 1. The third-order valence-electron chi connectivity index (χ3n) is 5.15. The van der Waals surface area contributed by atoms with Gasteiger partial charge in [0.1, 0.15) is 11.4 Å². The molecule has 0 saturated carbocycles. The first kappa shape index (κ1) is 17.3. The largest absolute Gasteiger partial charge is 0.472 e. The number of rotatable bonds is 3. The van der Waals surface area contributed by atoms with Crippen molar-refractivity contribution in [2.24, 2.45) is 0 Å². The quantitative estimate of drug-likeness (QED) is 0.393. The highest BCUT2D eigenvalue weighted by molar-refractivity contribution is 5.98. The second kappa shape index (κ2) is 6.49. The average Bonchev–Trinajstić information content (AvgIpc) is 3.52. The van der Waals surface area contributed by atoms with Crippen LogP contribution in [0.15, 0.2) is 65.9 Å². The van der Waals surface area contributed by atoms with Crippen LogP contribution in [0.5, 0.6) is 0 Å². The fourth-order valence-electron chi connectivity index (χ4n) is 3.73. The summed E-state index contributed by atoms with van der Waals surface area (Å²) in [6.07, 6.45) is 7.82. The molecule has 0 amide bonds. The normalized spacial score (nSPS) is 11.5. The number of benzene rings is 1. The zero-order valence-electron chi connectivity index (χ0n) is 15.9. The van der Waals surface area contributed by atoms with Crippen LogP contribution < -0.4 is 5.73 Å². The minimum absolute atomic E-state index is 0.144. The molecule has 9 heteroatoms. The fourth-order valence-corrected chi connectivity index (χ4v) is 3.73. The number of nitrogens with one attached hydrogen (secondary N) is 2. The van der Waals surface area contributed by atoms with Crippen LogP contribution in [0.1, 0.15) is 0 Å². The standard InChI is InChI=1S/C22H14FN7O/c23-18-17-16(9-26-19(18)12-6-13(24)8-25-7-12)29-30-21(17)22-27-15-3-1-2-14(20(15)28-22)11-4-5-31-10-11/h1-10H,24H2,(H,27,28)(H,29,30). The van der Waals surface area contributed by atoms with Crippen molar-refractivity contribution in [1.29, 1.82) is 0 Å². The fraction of sp³-hybridized carbons (Fsp3) is 0. The number of H-pyrrole nitrogens is 2. The van der Waals surface area contributed by atoms with Gasteiger partial charge in [-0.2, -0.15) is 5.10 Å². The number of aromatic amines is 2. The third kappa shape index (κ3) is 2.67. The SMILES string of the molecule is Nc1cncc(-c2ncc3[nH]nc(-c4nc5c(-c6ccoc6)cccc5[nH]4)c3c2F)c1. The molecule has 0 aliphatic rings. The molecule has 0 saturated heterocycles. The average molecular weight is 411 g/mol. The summed E-state index contributed by atoms with van der Waals surface area (Å²) in [5, 5.41) is 7.43. The van der Waals surface area contributed by atoms with E-state index in [0.29, 0.717) is 28.3 Å². The molecule has 6 rings (SSSR count). The topological polar surface area (TPSA) is 122 Å². The van der Waals surface area contributed by atoms with Gasteiger partial charge in [0.05, 0.1) is 46.3 Å². The predicted octanol–water partition coefficient (Wildman–Crippen LogP) is 4.54. The zero-order valence-corrected chi connectivity index (χ0v) is 15.9. The number of halogens is 1. The minimum atomic E-state index is -0.524. The van der Waals surface area contributed by atoms with Crippen molar-refractivity contribution in [3.63, 3.8) is 0 Å². The van der Waals surface area contributed by atoms with Crippen LogP contribution in [0.2, 0.25) is 0 Å². The Kier molecular flexibility index (Phi) is 3.63. The Labute approximate surface area is 174 Å². The van der Waals surface area contributed by atoms with Gasteiger partial charge in [-0.25, -0.2) is 9.37 Å². The van der Waals surface area contributed by atoms with Gasteiger partial charge in [0.2, 0.25) is 0 Å². The number of nitrogens with two attached hydrogens (primary N) is 1. The van der Waals surface area contributed by atoms with E-state index >= 15 is 4.39 Å². The van der Waals surface area contributed by atoms with Gasteiger partial charge in [-0.05, 0) is 18.2 Å². The van der Waals surface area contributed by atoms with Crippen LogP contribution in [0.3, 0.4) is 0 Å². The lowest BCUT2D eigenvalue weighted by Gasteiger charge is -2.04. The smallest absolute Gasteiger partial charge is 0.161 e. The molecule has 5 aromatic heterocycles. The molecule has 8 nitrogen and oxygen atoms in total. The van der Waals surface area contributed by atoms with Gasteiger partial charge < -0.3 is 15.1 Å². The van der Waals surface area contributed by atoms with E-state index in [1.807, 2.05) is 24.3 Å². The van der Waals surface area contributed by atoms with Crippen LogP contribution >= 0.6 is 0 Å². The van der Waals surface area contributed by atoms with Crippen molar-refractivity contribution in [1.82, 2.24) is 30.1 Å². The molecule has 0 aliphatic heterocycles. The molecule has 0 fully saturated rings. The summed E-state index contributed by atoms with van der Waals surface area (Å²) in [5.74, 6) is -0.0805. The predicted molar refractivity (Wildman–Crippen MR) is 114 cm³/mol. The maximum atomic E-state index is 15.6. The molecule has 0 atom stereocenters. The van der Waals surface area contributed by atoms with Crippen molar-refractivity contribution < 1.29 is 8.81 Å². The van der Waals surface area contributed by atoms with Gasteiger partial charge >= 0.3 is 0 Å². The lowest BCUT2D eigenvalue weighted by atomic mass is 10.1. The van der Waals surface area contributed by atoms with Crippen molar-refractivity contribution >= 4 is 27.6 Å². The number of anilines is 1. The number of nitrogens with zero attached hydrogens (tertiary/aromatic N) is 4. The number of hydrogen-bond donors (Lipinski definition) is 3. The Hall–Kier alpha value is -4.53. The summed E-state index contributed by atoms with van der Waals surface area (Å²) in [6.45, 7) is 0. The molecular weight excluding hydrogens is 397 g/mol. The minimum Gasteiger partial charge on any atom is -0.472 e. The molecule has 4 N–H and O–H groups in total. The number of pyridine rings is 2. The Morgan fingerprint density at radius 3 is 2.77 bits per heavy atom. The molecule has 0 spiro atoms. The van der Waals surface area contributed by atoms with Crippen molar-refractivity contribution in [3.8, 4) is 33.9 Å². The molecule has 1 aromatic carbocycles. The van der Waals surface area contributed by atoms with Crippen molar-refractivity contribution in [2.75, 3.05) is 5.73 Å². The lowest BCUT2D eigenvalue weighted by molar-refractivity contribution is 0.568. The number of imidazole rings is 1. The van der Waals surface area contributed by atoms with Crippen LogP contribution in [-0.2, 0) is 0 Å². The highest BCUT2D eigenvalue weighted by Crippen LogP contribution is 2.34. The van der Waals surface area contributed by atoms with Crippen LogP contribution in [0.25, 0.3) is 55.8 Å². The van der Waals surface area contributed by atoms with Crippen LogP contribution in [0, 0.1) is 5.82 Å². The summed E-state index contributed by atoms with van der Waals surface area (Å²) in [5.41, 5.74) is 11.0. The Morgan fingerprint density at radius 2 is 1.94 bits per heavy atom. The first-order chi connectivity index (χ1) is 15.2. The van der Waals surface area contributed by atoms with Gasteiger partial charge in [-0.15, -0.1) is 0 Å². The molecular formula is C22H14FN7O. The van der Waals surface area contributed by atoms with Gasteiger partial charge in [0, 0.05) is 29.1 Å². The van der Waals surface area contributed by atoms with E-state index in [1.165, 1.54) is 18.6 Å². The summed E-state index contributed by atoms with van der Waals surface area (Å²) >= 11 is 0. The van der Waals surface area contributed by atoms with Gasteiger partial charge in [-0.1, -0.05) is 12.1 Å². The molecule has 0 unspecified atom stereocenters. The molecule has 31 heavy (non-hydrogen) atoms. The third-order valence-corrected chi connectivity index (χ3v) is 5.15. The lowest BCUT2D eigenvalue weighted by Crippen LogP contribution is -1.94. The first-order valence-corrected chi connectivity index (χ1v) is 9.44. The Morgan fingerprint density at radius 1 is 1.00 bits per heavy atom. The maximum Gasteiger partial charge on any atom is 0.161 e. The number of nitrogen functional groups attached to an aromatic ring is 1. The second-order valence-corrected chi connectivity index (χ2v) is 7.09. The second-order valence-electron chi connectivity index (χ2n) is 7.09. The summed E-state index contributed by atoms with van der Waals surface area (Å²) < 4.78 is 20.8. The van der Waals surface area contributed by atoms with Crippen molar-refractivity contribution in [3.05, 3.63) is 67.3 Å². The monoisotopic (exact) mass is 411 g/mol. The van der Waals surface area contributed by atoms with E-state index in [9.17, 15) is 0 Å². The molecule has 5 heterocycles. The van der Waals surface area contributed by atoms with E-state index in [-0.39, 0.29) is 11.1 Å². The highest BCUT2D eigenvalue weighted by Gasteiger charge is 2.21. The molecule has 0 radical (unpaired) electrons. The summed E-state index contributed by atoms with van der Waals surface area (Å²) in [6, 6.07) is 9.28. The van der Waals surface area contributed by atoms with E-state index in [4.69, 9.17) is 15.1 Å². The Balaban J connectivity index is 1.56. The van der Waals surface area contributed by atoms with E-state index in [0.717, 1.165) is 22.2 Å². The van der Waals surface area contributed by atoms with E-state index in [1.54, 1.807) is 18.6 Å². The molecule has 0 aliphatic carbocycles. The van der Waals surface area contributed by atoms with Gasteiger partial charge in [0.25, 0.3) is 0 Å². The summed E-state index contributed by atoms with van der Waals surface area (Å²) in [4.78, 5) is 16.2. The van der Waals surface area contributed by atoms with E-state index < -0.39 is 5.82 Å². The van der Waals surface area contributed by atoms with Gasteiger partial charge in [-0.3, -0.25) is 15.1 Å². The van der Waals surface area contributed by atoms with E-state index in [2.05, 4.69) is 25.1 Å². The maximum absolute atomic E-state index is 15.6. The number of para-hydroxylation sites is 1. The molecule has 150 valence electrons. The molecule has 6 aromatic rings. The molecule has 0 bridgehead atoms.